The SMILES string of the molecule is COC1(Cc2ccccc2-c2ccc(Cl)cc2)CCN(c2ccc3c(NS(=O)(=O)c4ccc(N[C@H](CCN5CCOCC5)CSc5ccccc5)c([N+](=O)[O-])c4)ncnc3c2)CC1. The summed E-state index contributed by atoms with van der Waals surface area (Å²) in [6.45, 7) is 5.31. The Morgan fingerprint density at radius 2 is 1.67 bits per heavy atom. The Bertz CT molecular complexity index is 2630. The third-order valence-corrected chi connectivity index (χ3v) is 14.7. The number of nitro benzene ring substituents is 1. The maximum atomic E-state index is 13.9. The van der Waals surface area contributed by atoms with Crippen LogP contribution in [0.1, 0.15) is 24.8 Å². The van der Waals surface area contributed by atoms with Crippen molar-refractivity contribution in [2.75, 3.05) is 73.7 Å². The maximum absolute atomic E-state index is 13.9. The summed E-state index contributed by atoms with van der Waals surface area (Å²) in [5, 5.41) is 17.0. The van der Waals surface area contributed by atoms with Crippen molar-refractivity contribution < 1.29 is 22.8 Å². The predicted molar refractivity (Wildman–Crippen MR) is 252 cm³/mol. The predicted octanol–water partition coefficient (Wildman–Crippen LogP) is 9.18. The van der Waals surface area contributed by atoms with Crippen molar-refractivity contribution >= 4 is 67.2 Å². The standard InChI is InChI=1S/C47H50ClN7O6S2/c1-60-47(31-35-7-5-6-10-41(35)34-11-13-36(48)14-12-34)20-23-54(24-21-47)38-15-17-42-44(29-38)49-33-50-46(42)52-63(58,59)40-16-18-43(45(30-40)55(56)57)51-37(19-22-53-25-27-61-28-26-53)32-62-39-8-3-2-4-9-39/h2-18,29-30,33,37,51H,19-28,31-32H2,1H3,(H,49,50,52)/t37-/m1/s1. The second kappa shape index (κ2) is 20.0. The summed E-state index contributed by atoms with van der Waals surface area (Å²) in [6.07, 6.45) is 4.40. The first-order valence-corrected chi connectivity index (χ1v) is 23.9. The number of nitro groups is 1. The number of aromatic nitrogens is 2. The van der Waals surface area contributed by atoms with Gasteiger partial charge in [-0.1, -0.05) is 66.2 Å². The Balaban J connectivity index is 0.952. The number of benzene rings is 5. The lowest BCUT2D eigenvalue weighted by molar-refractivity contribution is -0.384. The number of morpholine rings is 1. The molecule has 8 rings (SSSR count). The molecule has 6 aromatic rings. The van der Waals surface area contributed by atoms with Gasteiger partial charge in [0.15, 0.2) is 5.82 Å². The summed E-state index contributed by atoms with van der Waals surface area (Å²) in [5.41, 5.74) is 4.57. The van der Waals surface area contributed by atoms with E-state index in [0.29, 0.717) is 34.9 Å². The molecule has 2 aliphatic heterocycles. The Morgan fingerprint density at radius 1 is 0.921 bits per heavy atom. The minimum Gasteiger partial charge on any atom is -0.379 e. The molecule has 13 nitrogen and oxygen atoms in total. The summed E-state index contributed by atoms with van der Waals surface area (Å²) in [7, 11) is -2.51. The molecule has 5 aromatic carbocycles. The highest BCUT2D eigenvalue weighted by Crippen LogP contribution is 2.37. The van der Waals surface area contributed by atoms with E-state index in [1.54, 1.807) is 18.9 Å². The van der Waals surface area contributed by atoms with Crippen molar-refractivity contribution in [3.8, 4) is 11.1 Å². The first kappa shape index (κ1) is 44.3. The Kier molecular flexibility index (Phi) is 14.1. The quantitative estimate of drug-likeness (QED) is 0.0510. The molecular formula is C47H50ClN7O6S2. The molecule has 2 saturated heterocycles. The fourth-order valence-corrected chi connectivity index (χ4v) is 10.5. The second-order valence-electron chi connectivity index (χ2n) is 15.9. The van der Waals surface area contributed by atoms with Crippen LogP contribution < -0.4 is 14.9 Å². The number of fused-ring (bicyclic) bond motifs is 1. The van der Waals surface area contributed by atoms with Gasteiger partial charge in [-0.15, -0.1) is 11.8 Å². The molecule has 0 unspecified atom stereocenters. The number of nitrogens with zero attached hydrogens (tertiary/aromatic N) is 5. The average Bonchev–Trinajstić information content (AvgIpc) is 3.31. The Labute approximate surface area is 377 Å². The van der Waals surface area contributed by atoms with Gasteiger partial charge in [0, 0.05) is 85.1 Å². The molecule has 3 heterocycles. The topological polar surface area (TPSA) is 152 Å². The van der Waals surface area contributed by atoms with E-state index in [9.17, 15) is 18.5 Å². The molecule has 0 aliphatic carbocycles. The van der Waals surface area contributed by atoms with E-state index in [1.807, 2.05) is 72.8 Å². The van der Waals surface area contributed by atoms with Crippen LogP contribution in [0.25, 0.3) is 22.0 Å². The largest absolute Gasteiger partial charge is 0.379 e. The Hall–Kier alpha value is -5.29. The summed E-state index contributed by atoms with van der Waals surface area (Å²) in [6, 6.07) is 35.8. The summed E-state index contributed by atoms with van der Waals surface area (Å²) < 4.78 is 42.1. The highest BCUT2D eigenvalue weighted by Gasteiger charge is 2.36. The van der Waals surface area contributed by atoms with E-state index in [2.05, 4.69) is 54.1 Å². The van der Waals surface area contributed by atoms with Gasteiger partial charge < -0.3 is 19.7 Å². The lowest BCUT2D eigenvalue weighted by atomic mass is 9.82. The molecule has 1 aromatic heterocycles. The number of nitrogens with one attached hydrogen (secondary N) is 2. The normalized spacial score (nSPS) is 16.1. The number of halogens is 1. The van der Waals surface area contributed by atoms with Gasteiger partial charge in [0.1, 0.15) is 12.0 Å². The Morgan fingerprint density at radius 3 is 2.41 bits per heavy atom. The first-order valence-electron chi connectivity index (χ1n) is 21.0. The van der Waals surface area contributed by atoms with Crippen LogP contribution in [0.15, 0.2) is 131 Å². The van der Waals surface area contributed by atoms with E-state index >= 15 is 0 Å². The number of hydrogen-bond acceptors (Lipinski definition) is 12. The average molecular weight is 909 g/mol. The lowest BCUT2D eigenvalue weighted by Gasteiger charge is -2.42. The fraction of sp³-hybridized carbons (Fsp3) is 0.319. The minimum absolute atomic E-state index is 0.0777. The van der Waals surface area contributed by atoms with Crippen molar-refractivity contribution in [1.29, 1.82) is 0 Å². The highest BCUT2D eigenvalue weighted by atomic mass is 35.5. The first-order chi connectivity index (χ1) is 30.6. The van der Waals surface area contributed by atoms with E-state index in [0.717, 1.165) is 86.2 Å². The molecule has 328 valence electrons. The number of ether oxygens (including phenoxy) is 2. The van der Waals surface area contributed by atoms with Crippen LogP contribution in [-0.4, -0.2) is 98.7 Å². The zero-order valence-corrected chi connectivity index (χ0v) is 37.4. The van der Waals surface area contributed by atoms with E-state index in [-0.39, 0.29) is 33.7 Å². The van der Waals surface area contributed by atoms with Crippen LogP contribution in [-0.2, 0) is 25.9 Å². The van der Waals surface area contributed by atoms with Crippen molar-refractivity contribution in [3.63, 3.8) is 0 Å². The summed E-state index contributed by atoms with van der Waals surface area (Å²) in [5.74, 6) is 0.733. The van der Waals surface area contributed by atoms with E-state index in [1.165, 1.54) is 24.0 Å². The molecule has 0 saturated carbocycles. The van der Waals surface area contributed by atoms with Gasteiger partial charge in [-0.25, -0.2) is 18.4 Å². The van der Waals surface area contributed by atoms with Gasteiger partial charge in [-0.3, -0.25) is 19.7 Å². The number of methoxy groups -OCH3 is 1. The van der Waals surface area contributed by atoms with Crippen LogP contribution >= 0.6 is 23.4 Å². The van der Waals surface area contributed by atoms with Gasteiger partial charge in [0.2, 0.25) is 0 Å². The van der Waals surface area contributed by atoms with Crippen LogP contribution in [0, 0.1) is 10.1 Å². The number of piperidine rings is 1. The van der Waals surface area contributed by atoms with Crippen LogP contribution in [0.4, 0.5) is 22.9 Å². The van der Waals surface area contributed by atoms with Gasteiger partial charge in [-0.05, 0) is 90.6 Å². The molecule has 63 heavy (non-hydrogen) atoms. The number of rotatable bonds is 17. The number of thioether (sulfide) groups is 1. The highest BCUT2D eigenvalue weighted by molar-refractivity contribution is 7.99. The van der Waals surface area contributed by atoms with Crippen molar-refractivity contribution in [3.05, 3.63) is 142 Å². The molecule has 2 aliphatic rings. The second-order valence-corrected chi connectivity index (χ2v) is 19.1. The molecule has 1 atom stereocenters. The maximum Gasteiger partial charge on any atom is 0.293 e. The van der Waals surface area contributed by atoms with Crippen molar-refractivity contribution in [2.45, 2.75) is 47.1 Å². The van der Waals surface area contributed by atoms with Crippen molar-refractivity contribution in [2.24, 2.45) is 0 Å². The summed E-state index contributed by atoms with van der Waals surface area (Å²) in [4.78, 5) is 26.1. The van der Waals surface area contributed by atoms with Crippen LogP contribution in [0.2, 0.25) is 5.02 Å². The molecule has 2 N–H and O–H groups in total. The molecule has 0 amide bonds. The fourth-order valence-electron chi connectivity index (χ4n) is 8.31. The van der Waals surface area contributed by atoms with Gasteiger partial charge in [0.05, 0.1) is 34.2 Å². The van der Waals surface area contributed by atoms with Gasteiger partial charge in [0.25, 0.3) is 15.7 Å². The zero-order chi connectivity index (χ0) is 43.8. The van der Waals surface area contributed by atoms with Crippen LogP contribution in [0.3, 0.4) is 0 Å². The third-order valence-electron chi connectivity index (χ3n) is 11.9. The molecule has 0 bridgehead atoms. The van der Waals surface area contributed by atoms with E-state index in [4.69, 9.17) is 21.1 Å². The monoisotopic (exact) mass is 907 g/mol. The van der Waals surface area contributed by atoms with E-state index < -0.39 is 14.9 Å². The van der Waals surface area contributed by atoms with Gasteiger partial charge in [-0.2, -0.15) is 0 Å². The molecule has 16 heteroatoms. The molecule has 2 fully saturated rings. The molecule has 0 spiro atoms. The number of anilines is 3. The smallest absolute Gasteiger partial charge is 0.293 e. The zero-order valence-electron chi connectivity index (χ0n) is 35.0. The lowest BCUT2D eigenvalue weighted by Crippen LogP contribution is -2.47. The summed E-state index contributed by atoms with van der Waals surface area (Å²) >= 11 is 7.84. The minimum atomic E-state index is -4.30. The molecular weight excluding hydrogens is 858 g/mol. The number of sulfonamides is 1. The van der Waals surface area contributed by atoms with Crippen molar-refractivity contribution in [1.82, 2.24) is 14.9 Å². The van der Waals surface area contributed by atoms with Gasteiger partial charge >= 0.3 is 0 Å². The third kappa shape index (κ3) is 10.9. The van der Waals surface area contributed by atoms with Crippen LogP contribution in [0.5, 0.6) is 0 Å². The number of hydrogen-bond donors (Lipinski definition) is 2. The molecule has 0 radical (unpaired) electrons.